The molecular weight excluding hydrogens is 564 g/mol. The molecule has 0 N–H and O–H groups in total. The van der Waals surface area contributed by atoms with E-state index >= 15 is 0 Å². The lowest BCUT2D eigenvalue weighted by molar-refractivity contribution is 0.0665. The molecule has 8 rings (SSSR count). The number of Topliss-reactive ketones (excluding diaryl/α,β-unsaturated/α-hetero) is 3. The number of rotatable bonds is 5. The van der Waals surface area contributed by atoms with Crippen molar-refractivity contribution in [2.75, 3.05) is 19.1 Å². The summed E-state index contributed by atoms with van der Waals surface area (Å²) in [6.45, 7) is 0. The second-order valence-corrected chi connectivity index (χ2v) is 11.6. The van der Waals surface area contributed by atoms with Gasteiger partial charge in [0.25, 0.3) is 0 Å². The SMILES string of the molecule is COc1ccc([C@H]2[C@H](C(=O)c3ccccc3)N3c4c(ccc5cccnc45)C=C[C@@H]3C23C(=O)c2ccccc2C3=O)cc1OC. The van der Waals surface area contributed by atoms with E-state index < -0.39 is 23.4 Å². The quantitative estimate of drug-likeness (QED) is 0.169. The Morgan fingerprint density at radius 3 is 2.22 bits per heavy atom. The average molecular weight is 593 g/mol. The minimum absolute atomic E-state index is 0.192. The van der Waals surface area contributed by atoms with Crippen molar-refractivity contribution in [1.82, 2.24) is 4.98 Å². The molecule has 7 nitrogen and oxygen atoms in total. The van der Waals surface area contributed by atoms with Crippen LogP contribution in [0.3, 0.4) is 0 Å². The zero-order valence-corrected chi connectivity index (χ0v) is 24.6. The van der Waals surface area contributed by atoms with Gasteiger partial charge in [-0.15, -0.1) is 0 Å². The van der Waals surface area contributed by atoms with Crippen LogP contribution in [0.25, 0.3) is 17.0 Å². The Hall–Kier alpha value is -5.56. The number of anilines is 1. The maximum absolute atomic E-state index is 15.0. The van der Waals surface area contributed by atoms with Crippen molar-refractivity contribution in [2.45, 2.75) is 18.0 Å². The van der Waals surface area contributed by atoms with Gasteiger partial charge in [-0.3, -0.25) is 19.4 Å². The summed E-state index contributed by atoms with van der Waals surface area (Å²) in [7, 11) is 3.09. The summed E-state index contributed by atoms with van der Waals surface area (Å²) in [5.74, 6) is -0.700. The number of hydrogen-bond donors (Lipinski definition) is 0. The first-order chi connectivity index (χ1) is 22.0. The van der Waals surface area contributed by atoms with E-state index in [-0.39, 0.29) is 17.3 Å². The molecule has 45 heavy (non-hydrogen) atoms. The summed E-state index contributed by atoms with van der Waals surface area (Å²) in [5, 5.41) is 0.896. The highest BCUT2D eigenvalue weighted by Crippen LogP contribution is 2.62. The van der Waals surface area contributed by atoms with E-state index in [9.17, 15) is 14.4 Å². The highest BCUT2D eigenvalue weighted by atomic mass is 16.5. The Balaban J connectivity index is 1.48. The molecule has 1 saturated heterocycles. The normalized spacial score (nSPS) is 20.7. The summed E-state index contributed by atoms with van der Waals surface area (Å²) in [6, 6.07) is 27.6. The summed E-state index contributed by atoms with van der Waals surface area (Å²) in [4.78, 5) is 51.7. The van der Waals surface area contributed by atoms with Crippen molar-refractivity contribution < 1.29 is 23.9 Å². The molecule has 1 fully saturated rings. The van der Waals surface area contributed by atoms with Crippen molar-refractivity contribution in [2.24, 2.45) is 5.41 Å². The first-order valence-corrected chi connectivity index (χ1v) is 14.8. The molecule has 3 heterocycles. The number of benzene rings is 4. The van der Waals surface area contributed by atoms with E-state index in [4.69, 9.17) is 14.5 Å². The Kier molecular flexibility index (Phi) is 6.00. The molecule has 0 unspecified atom stereocenters. The molecule has 1 aliphatic carbocycles. The van der Waals surface area contributed by atoms with Gasteiger partial charge in [0.05, 0.1) is 31.5 Å². The van der Waals surface area contributed by atoms with Crippen LogP contribution in [0.1, 0.15) is 48.1 Å². The maximum atomic E-state index is 15.0. The van der Waals surface area contributed by atoms with Crippen molar-refractivity contribution in [3.05, 3.63) is 137 Å². The molecule has 1 spiro atoms. The third-order valence-electron chi connectivity index (χ3n) is 9.63. The van der Waals surface area contributed by atoms with E-state index in [1.807, 2.05) is 65.6 Å². The first-order valence-electron chi connectivity index (χ1n) is 14.8. The van der Waals surface area contributed by atoms with Gasteiger partial charge in [-0.25, -0.2) is 0 Å². The highest BCUT2D eigenvalue weighted by Gasteiger charge is 2.71. The van der Waals surface area contributed by atoms with Crippen molar-refractivity contribution >= 4 is 40.0 Å². The van der Waals surface area contributed by atoms with Gasteiger partial charge in [-0.1, -0.05) is 91.0 Å². The first kappa shape index (κ1) is 27.0. The number of pyridine rings is 1. The monoisotopic (exact) mass is 592 g/mol. The molecule has 3 aliphatic rings. The van der Waals surface area contributed by atoms with Crippen LogP contribution in [-0.2, 0) is 0 Å². The molecule has 0 amide bonds. The number of ether oxygens (including phenoxy) is 2. The van der Waals surface area contributed by atoms with Crippen molar-refractivity contribution in [3.63, 3.8) is 0 Å². The van der Waals surface area contributed by atoms with Gasteiger partial charge in [-0.2, -0.15) is 0 Å². The number of hydrogen-bond acceptors (Lipinski definition) is 7. The lowest BCUT2D eigenvalue weighted by Gasteiger charge is -2.37. The topological polar surface area (TPSA) is 85.8 Å². The molecule has 0 bridgehead atoms. The summed E-state index contributed by atoms with van der Waals surface area (Å²) in [6.07, 6.45) is 5.60. The Labute approximate surface area is 259 Å². The summed E-state index contributed by atoms with van der Waals surface area (Å²) in [5.41, 5.74) is 2.53. The Morgan fingerprint density at radius 2 is 1.51 bits per heavy atom. The van der Waals surface area contributed by atoms with Crippen LogP contribution in [0.5, 0.6) is 11.5 Å². The molecule has 5 aromatic rings. The van der Waals surface area contributed by atoms with Crippen LogP contribution in [-0.4, -0.2) is 48.6 Å². The molecule has 0 radical (unpaired) electrons. The second-order valence-electron chi connectivity index (χ2n) is 11.6. The Morgan fingerprint density at radius 1 is 0.800 bits per heavy atom. The Bertz CT molecular complexity index is 2050. The molecule has 1 aromatic heterocycles. The van der Waals surface area contributed by atoms with Crippen LogP contribution in [0, 0.1) is 5.41 Å². The van der Waals surface area contributed by atoms with E-state index in [2.05, 4.69) is 0 Å². The van der Waals surface area contributed by atoms with E-state index in [1.165, 1.54) is 0 Å². The van der Waals surface area contributed by atoms with Crippen LogP contribution >= 0.6 is 0 Å². The molecular formula is C38H28N2O5. The predicted molar refractivity (Wildman–Crippen MR) is 171 cm³/mol. The van der Waals surface area contributed by atoms with Gasteiger partial charge in [0, 0.05) is 34.2 Å². The number of nitrogens with zero attached hydrogens (tertiary/aromatic N) is 2. The molecule has 220 valence electrons. The molecule has 2 aliphatic heterocycles. The standard InChI is InChI=1S/C38H28N2O5/c1-44-28-18-16-25(21-29(28)45-2)31-34(35(41)24-9-4-3-5-10-24)40-30(38(31)36(42)26-12-6-7-13-27(26)37(38)43)19-17-23-15-14-22-11-8-20-39-32(22)33(23)40/h3-21,30-31,34H,1-2H3/t30-,31+,34-/m1/s1. The number of carbonyl (C=O) groups excluding carboxylic acids is 3. The third kappa shape index (κ3) is 3.58. The molecule has 0 saturated carbocycles. The van der Waals surface area contributed by atoms with Gasteiger partial charge in [-0.05, 0) is 29.3 Å². The maximum Gasteiger partial charge on any atom is 0.185 e. The average Bonchev–Trinajstić information content (AvgIpc) is 3.53. The van der Waals surface area contributed by atoms with Gasteiger partial charge >= 0.3 is 0 Å². The van der Waals surface area contributed by atoms with Crippen LogP contribution in [0.4, 0.5) is 5.69 Å². The van der Waals surface area contributed by atoms with Gasteiger partial charge < -0.3 is 14.4 Å². The molecule has 4 aromatic carbocycles. The lowest BCUT2D eigenvalue weighted by atomic mass is 9.64. The van der Waals surface area contributed by atoms with Gasteiger partial charge in [0.15, 0.2) is 28.8 Å². The molecule has 7 heteroatoms. The fourth-order valence-corrected chi connectivity index (χ4v) is 7.78. The van der Waals surface area contributed by atoms with E-state index in [0.717, 1.165) is 16.6 Å². The van der Waals surface area contributed by atoms with Crippen LogP contribution < -0.4 is 14.4 Å². The summed E-state index contributed by atoms with van der Waals surface area (Å²) >= 11 is 0. The zero-order valence-electron chi connectivity index (χ0n) is 24.6. The van der Waals surface area contributed by atoms with Gasteiger partial charge in [0.1, 0.15) is 11.5 Å². The fourth-order valence-electron chi connectivity index (χ4n) is 7.78. The molecule has 3 atom stereocenters. The van der Waals surface area contributed by atoms with Gasteiger partial charge in [0.2, 0.25) is 0 Å². The number of methoxy groups -OCH3 is 2. The lowest BCUT2D eigenvalue weighted by Crippen LogP contribution is -2.48. The third-order valence-corrected chi connectivity index (χ3v) is 9.63. The van der Waals surface area contributed by atoms with Crippen molar-refractivity contribution in [3.8, 4) is 11.5 Å². The minimum Gasteiger partial charge on any atom is -0.493 e. The van der Waals surface area contributed by atoms with Crippen molar-refractivity contribution in [1.29, 1.82) is 0 Å². The number of fused-ring (bicyclic) bond motifs is 7. The number of aromatic nitrogens is 1. The van der Waals surface area contributed by atoms with E-state index in [0.29, 0.717) is 39.3 Å². The number of carbonyl (C=O) groups is 3. The summed E-state index contributed by atoms with van der Waals surface area (Å²) < 4.78 is 11.2. The van der Waals surface area contributed by atoms with Crippen LogP contribution in [0.2, 0.25) is 0 Å². The predicted octanol–water partition coefficient (Wildman–Crippen LogP) is 6.57. The smallest absolute Gasteiger partial charge is 0.185 e. The fraction of sp³-hybridized carbons (Fsp3) is 0.158. The zero-order chi connectivity index (χ0) is 30.9. The largest absolute Gasteiger partial charge is 0.493 e. The second kappa shape index (κ2) is 9.99. The minimum atomic E-state index is -1.64. The highest BCUT2D eigenvalue weighted by molar-refractivity contribution is 6.32. The van der Waals surface area contributed by atoms with Crippen LogP contribution in [0.15, 0.2) is 109 Å². The van der Waals surface area contributed by atoms with E-state index in [1.54, 1.807) is 68.9 Å². The number of ketones is 3.